The van der Waals surface area contributed by atoms with Crippen LogP contribution in [-0.4, -0.2) is 38.1 Å². The lowest BCUT2D eigenvalue weighted by atomic mass is 10.1. The van der Waals surface area contributed by atoms with E-state index in [9.17, 15) is 0 Å². The summed E-state index contributed by atoms with van der Waals surface area (Å²) in [4.78, 5) is 4.68. The largest absolute Gasteiger partial charge is 0.328 e. The van der Waals surface area contributed by atoms with E-state index in [0.29, 0.717) is 19.8 Å². The van der Waals surface area contributed by atoms with Crippen molar-refractivity contribution in [1.29, 1.82) is 0 Å². The highest BCUT2D eigenvalue weighted by Gasteiger charge is 2.31. The Kier molecular flexibility index (Phi) is 19.2. The van der Waals surface area contributed by atoms with Crippen molar-refractivity contribution in [3.05, 3.63) is 0 Å². The van der Waals surface area contributed by atoms with Crippen LogP contribution in [0.5, 0.6) is 0 Å². The smallest absolute Gasteiger partial charge is 0.282 e. The first-order chi connectivity index (χ1) is 14.0. The summed E-state index contributed by atoms with van der Waals surface area (Å²) in [6.45, 7) is 15.5. The lowest BCUT2D eigenvalue weighted by Gasteiger charge is -2.32. The van der Waals surface area contributed by atoms with Crippen molar-refractivity contribution in [3.8, 4) is 0 Å². The van der Waals surface area contributed by atoms with E-state index < -0.39 is 5.97 Å². The molecule has 0 saturated carbocycles. The fraction of sp³-hybridized carbons (Fsp3) is 0.960. The predicted molar refractivity (Wildman–Crippen MR) is 126 cm³/mol. The predicted octanol–water partition coefficient (Wildman–Crippen LogP) is 7.55. The minimum Gasteiger partial charge on any atom is -0.328 e. The normalized spacial score (nSPS) is 12.9. The summed E-state index contributed by atoms with van der Waals surface area (Å²) < 4.78 is 17.4. The Morgan fingerprint density at radius 2 is 1.10 bits per heavy atom. The third-order valence-corrected chi connectivity index (χ3v) is 5.07. The summed E-state index contributed by atoms with van der Waals surface area (Å²) >= 11 is 0. The van der Waals surface area contributed by atoms with Crippen LogP contribution >= 0.6 is 0 Å². The zero-order valence-electron chi connectivity index (χ0n) is 20.6. The zero-order chi connectivity index (χ0) is 21.8. The van der Waals surface area contributed by atoms with Gasteiger partial charge in [0.15, 0.2) is 0 Å². The SMILES string of the molecule is CCOC(CCCCCCCCCCCCN=C(C)CC(C)C)(OCC)OCC. The lowest BCUT2D eigenvalue weighted by Crippen LogP contribution is -2.39. The van der Waals surface area contributed by atoms with Crippen molar-refractivity contribution in [2.45, 2.75) is 125 Å². The van der Waals surface area contributed by atoms with Crippen molar-refractivity contribution in [2.75, 3.05) is 26.4 Å². The molecule has 0 fully saturated rings. The molecule has 0 heterocycles. The van der Waals surface area contributed by atoms with E-state index in [1.54, 1.807) is 0 Å². The van der Waals surface area contributed by atoms with Crippen LogP contribution < -0.4 is 0 Å². The van der Waals surface area contributed by atoms with Gasteiger partial charge in [-0.25, -0.2) is 0 Å². The van der Waals surface area contributed by atoms with E-state index in [1.165, 1.54) is 63.5 Å². The second-order valence-corrected chi connectivity index (χ2v) is 8.48. The molecular weight excluding hydrogens is 362 g/mol. The lowest BCUT2D eigenvalue weighted by molar-refractivity contribution is -0.380. The summed E-state index contributed by atoms with van der Waals surface area (Å²) in [7, 11) is 0. The van der Waals surface area contributed by atoms with Gasteiger partial charge in [-0.15, -0.1) is 0 Å². The molecule has 0 bridgehead atoms. The summed E-state index contributed by atoms with van der Waals surface area (Å²) in [6.07, 6.45) is 15.0. The molecule has 0 rings (SSSR count). The van der Waals surface area contributed by atoms with E-state index in [-0.39, 0.29) is 0 Å². The standard InChI is InChI=1S/C25H51NO3/c1-7-27-25(28-8-2,29-9-3)20-18-16-14-12-10-11-13-15-17-19-21-26-24(6)22-23(4)5/h23H,7-22H2,1-6H3. The summed E-state index contributed by atoms with van der Waals surface area (Å²) in [5, 5.41) is 0. The third kappa shape index (κ3) is 17.0. The maximum Gasteiger partial charge on any atom is 0.282 e. The van der Waals surface area contributed by atoms with Crippen LogP contribution in [0.15, 0.2) is 4.99 Å². The van der Waals surface area contributed by atoms with Crippen molar-refractivity contribution >= 4 is 5.71 Å². The molecule has 0 N–H and O–H groups in total. The fourth-order valence-corrected chi connectivity index (χ4v) is 3.79. The van der Waals surface area contributed by atoms with Crippen LogP contribution in [0.25, 0.3) is 0 Å². The molecule has 29 heavy (non-hydrogen) atoms. The van der Waals surface area contributed by atoms with E-state index in [4.69, 9.17) is 14.2 Å². The summed E-state index contributed by atoms with van der Waals surface area (Å²) in [6, 6.07) is 0. The first-order valence-electron chi connectivity index (χ1n) is 12.4. The van der Waals surface area contributed by atoms with Crippen molar-refractivity contribution in [1.82, 2.24) is 0 Å². The number of unbranched alkanes of at least 4 members (excludes halogenated alkanes) is 9. The molecule has 0 aromatic carbocycles. The molecule has 174 valence electrons. The van der Waals surface area contributed by atoms with E-state index in [1.807, 2.05) is 20.8 Å². The van der Waals surface area contributed by atoms with Gasteiger partial charge in [0, 0.05) is 38.5 Å². The maximum absolute atomic E-state index is 5.79. The highest BCUT2D eigenvalue weighted by Crippen LogP contribution is 2.24. The molecule has 0 saturated heterocycles. The average Bonchev–Trinajstić information content (AvgIpc) is 2.65. The molecule has 4 heteroatoms. The van der Waals surface area contributed by atoms with Crippen LogP contribution in [0.2, 0.25) is 0 Å². The van der Waals surface area contributed by atoms with Gasteiger partial charge in [-0.2, -0.15) is 0 Å². The average molecular weight is 414 g/mol. The number of hydrogen-bond donors (Lipinski definition) is 0. The van der Waals surface area contributed by atoms with Crippen LogP contribution in [0.3, 0.4) is 0 Å². The van der Waals surface area contributed by atoms with Gasteiger partial charge in [0.2, 0.25) is 0 Å². The van der Waals surface area contributed by atoms with Crippen LogP contribution in [-0.2, 0) is 14.2 Å². The topological polar surface area (TPSA) is 40.0 Å². The Morgan fingerprint density at radius 1 is 0.690 bits per heavy atom. The summed E-state index contributed by atoms with van der Waals surface area (Å²) in [5.41, 5.74) is 1.32. The Morgan fingerprint density at radius 3 is 1.52 bits per heavy atom. The second kappa shape index (κ2) is 19.5. The van der Waals surface area contributed by atoms with E-state index in [0.717, 1.165) is 31.7 Å². The van der Waals surface area contributed by atoms with Crippen molar-refractivity contribution < 1.29 is 14.2 Å². The number of ether oxygens (including phenoxy) is 3. The van der Waals surface area contributed by atoms with Gasteiger partial charge < -0.3 is 14.2 Å². The summed E-state index contributed by atoms with van der Waals surface area (Å²) in [5.74, 6) is -0.101. The number of rotatable bonds is 21. The van der Waals surface area contributed by atoms with Gasteiger partial charge in [-0.3, -0.25) is 4.99 Å². The van der Waals surface area contributed by atoms with Crippen LogP contribution in [0.4, 0.5) is 0 Å². The number of hydrogen-bond acceptors (Lipinski definition) is 4. The highest BCUT2D eigenvalue weighted by molar-refractivity contribution is 5.81. The zero-order valence-corrected chi connectivity index (χ0v) is 20.6. The van der Waals surface area contributed by atoms with Gasteiger partial charge in [0.05, 0.1) is 0 Å². The molecule has 0 unspecified atom stereocenters. The molecule has 0 aliphatic heterocycles. The Labute approximate surface area is 182 Å². The number of aliphatic imine (C=N–C) groups is 1. The molecule has 0 atom stereocenters. The molecule has 0 aromatic rings. The van der Waals surface area contributed by atoms with Gasteiger partial charge in [0.1, 0.15) is 0 Å². The third-order valence-electron chi connectivity index (χ3n) is 5.07. The molecule has 0 spiro atoms. The van der Waals surface area contributed by atoms with Crippen molar-refractivity contribution in [2.24, 2.45) is 10.9 Å². The van der Waals surface area contributed by atoms with E-state index >= 15 is 0 Å². The highest BCUT2D eigenvalue weighted by atomic mass is 16.9. The van der Waals surface area contributed by atoms with Gasteiger partial charge in [0.25, 0.3) is 5.97 Å². The minimum atomic E-state index is -0.824. The van der Waals surface area contributed by atoms with Gasteiger partial charge in [-0.05, 0) is 52.9 Å². The van der Waals surface area contributed by atoms with Crippen LogP contribution in [0, 0.1) is 5.92 Å². The molecule has 0 amide bonds. The molecule has 0 aromatic heterocycles. The Bertz CT molecular complexity index is 365. The molecular formula is C25H51NO3. The maximum atomic E-state index is 5.79. The van der Waals surface area contributed by atoms with Gasteiger partial charge in [-0.1, -0.05) is 65.2 Å². The molecule has 0 aliphatic rings. The first-order valence-corrected chi connectivity index (χ1v) is 12.4. The fourth-order valence-electron chi connectivity index (χ4n) is 3.79. The first kappa shape index (κ1) is 28.5. The molecule has 4 nitrogen and oxygen atoms in total. The van der Waals surface area contributed by atoms with Crippen molar-refractivity contribution in [3.63, 3.8) is 0 Å². The van der Waals surface area contributed by atoms with Crippen LogP contribution in [0.1, 0.15) is 119 Å². The number of nitrogens with zero attached hydrogens (tertiary/aromatic N) is 1. The Hall–Kier alpha value is -0.450. The monoisotopic (exact) mass is 413 g/mol. The minimum absolute atomic E-state index is 0.615. The molecule has 0 aliphatic carbocycles. The van der Waals surface area contributed by atoms with Gasteiger partial charge >= 0.3 is 0 Å². The second-order valence-electron chi connectivity index (χ2n) is 8.48. The van der Waals surface area contributed by atoms with E-state index in [2.05, 4.69) is 25.8 Å². The Balaban J connectivity index is 3.61. The quantitative estimate of drug-likeness (QED) is 0.111. The molecule has 0 radical (unpaired) electrons.